The molecule has 0 saturated heterocycles. The lowest BCUT2D eigenvalue weighted by Gasteiger charge is -1.93. The first kappa shape index (κ1) is 7.82. The molecule has 5 heteroatoms. The van der Waals surface area contributed by atoms with Crippen LogP contribution in [0.5, 0.6) is 0 Å². The summed E-state index contributed by atoms with van der Waals surface area (Å²) < 4.78 is 0. The minimum Gasteiger partial charge on any atom is -0.301 e. The Balaban J connectivity index is 2.84. The molecule has 0 aliphatic carbocycles. The SMILES string of the molecule is CSc1nc2cscc2c(=O)[nH]1. The van der Waals surface area contributed by atoms with Crippen molar-refractivity contribution in [1.29, 1.82) is 0 Å². The fourth-order valence-corrected chi connectivity index (χ4v) is 2.07. The smallest absolute Gasteiger partial charge is 0.260 e. The lowest BCUT2D eigenvalue weighted by molar-refractivity contribution is 0.980. The van der Waals surface area contributed by atoms with Crippen molar-refractivity contribution in [2.75, 3.05) is 6.26 Å². The Morgan fingerprint density at radius 1 is 1.58 bits per heavy atom. The Hall–Kier alpha value is -0.810. The average molecular weight is 198 g/mol. The van der Waals surface area contributed by atoms with Crippen molar-refractivity contribution in [2.45, 2.75) is 5.16 Å². The molecule has 0 unspecified atom stereocenters. The maximum Gasteiger partial charge on any atom is 0.260 e. The first-order chi connectivity index (χ1) is 5.81. The molecular formula is C7H6N2OS2. The number of aromatic amines is 1. The van der Waals surface area contributed by atoms with E-state index < -0.39 is 0 Å². The average Bonchev–Trinajstić information content (AvgIpc) is 2.52. The van der Waals surface area contributed by atoms with Gasteiger partial charge < -0.3 is 4.98 Å². The molecule has 0 saturated carbocycles. The standard InChI is InChI=1S/C7H6N2OS2/c1-11-7-8-5-3-12-2-4(5)6(10)9-7/h2-3H,1H3,(H,8,9,10). The third-order valence-corrected chi connectivity index (χ3v) is 2.83. The van der Waals surface area contributed by atoms with Crippen LogP contribution in [0.15, 0.2) is 20.7 Å². The fourth-order valence-electron chi connectivity index (χ4n) is 0.945. The zero-order valence-electron chi connectivity index (χ0n) is 6.33. The molecule has 0 aliphatic heterocycles. The molecule has 0 fully saturated rings. The highest BCUT2D eigenvalue weighted by molar-refractivity contribution is 7.98. The molecule has 0 aromatic carbocycles. The van der Waals surface area contributed by atoms with Crippen LogP contribution in [-0.4, -0.2) is 16.2 Å². The van der Waals surface area contributed by atoms with Crippen LogP contribution in [0.1, 0.15) is 0 Å². The highest BCUT2D eigenvalue weighted by atomic mass is 32.2. The molecule has 0 radical (unpaired) electrons. The second-order valence-corrected chi connectivity index (χ2v) is 3.78. The predicted molar refractivity (Wildman–Crippen MR) is 52.0 cm³/mol. The topological polar surface area (TPSA) is 45.8 Å². The molecule has 2 aromatic heterocycles. The molecule has 0 spiro atoms. The van der Waals surface area contributed by atoms with E-state index >= 15 is 0 Å². The predicted octanol–water partition coefficient (Wildman–Crippen LogP) is 1.71. The number of rotatable bonds is 1. The Bertz CT molecular complexity index is 460. The van der Waals surface area contributed by atoms with Gasteiger partial charge in [-0.05, 0) is 6.26 Å². The molecule has 0 atom stereocenters. The quantitative estimate of drug-likeness (QED) is 0.560. The number of H-pyrrole nitrogens is 1. The Kier molecular flexibility index (Phi) is 1.90. The van der Waals surface area contributed by atoms with Gasteiger partial charge in [0.2, 0.25) is 0 Å². The fraction of sp³-hybridized carbons (Fsp3) is 0.143. The Morgan fingerprint density at radius 2 is 2.42 bits per heavy atom. The Labute approximate surface area is 76.8 Å². The van der Waals surface area contributed by atoms with Gasteiger partial charge in [0.25, 0.3) is 5.56 Å². The van der Waals surface area contributed by atoms with Crippen LogP contribution >= 0.6 is 23.1 Å². The van der Waals surface area contributed by atoms with Crippen LogP contribution in [0.25, 0.3) is 10.9 Å². The molecule has 2 rings (SSSR count). The molecule has 1 N–H and O–H groups in total. The van der Waals surface area contributed by atoms with Crippen LogP contribution in [0.3, 0.4) is 0 Å². The summed E-state index contributed by atoms with van der Waals surface area (Å²) >= 11 is 2.93. The lowest BCUT2D eigenvalue weighted by Crippen LogP contribution is -2.07. The van der Waals surface area contributed by atoms with Crippen LogP contribution in [-0.2, 0) is 0 Å². The highest BCUT2D eigenvalue weighted by Crippen LogP contribution is 2.15. The van der Waals surface area contributed by atoms with E-state index in [1.165, 1.54) is 23.1 Å². The van der Waals surface area contributed by atoms with Crippen LogP contribution in [0, 0.1) is 0 Å². The molecular weight excluding hydrogens is 192 g/mol. The van der Waals surface area contributed by atoms with Crippen LogP contribution in [0.2, 0.25) is 0 Å². The summed E-state index contributed by atoms with van der Waals surface area (Å²) in [5.74, 6) is 0. The second-order valence-electron chi connectivity index (χ2n) is 2.25. The maximum atomic E-state index is 11.3. The summed E-state index contributed by atoms with van der Waals surface area (Å²) in [4.78, 5) is 18.2. The molecule has 3 nitrogen and oxygen atoms in total. The number of aromatic nitrogens is 2. The maximum absolute atomic E-state index is 11.3. The monoisotopic (exact) mass is 198 g/mol. The first-order valence-corrected chi connectivity index (χ1v) is 5.48. The van der Waals surface area contributed by atoms with Crippen molar-refractivity contribution in [3.05, 3.63) is 21.1 Å². The van der Waals surface area contributed by atoms with E-state index in [2.05, 4.69) is 9.97 Å². The third kappa shape index (κ3) is 1.15. The third-order valence-electron chi connectivity index (χ3n) is 1.52. The van der Waals surface area contributed by atoms with E-state index in [4.69, 9.17) is 0 Å². The van der Waals surface area contributed by atoms with Gasteiger partial charge in [-0.25, -0.2) is 4.98 Å². The largest absolute Gasteiger partial charge is 0.301 e. The molecule has 0 aliphatic rings. The molecule has 2 heterocycles. The molecule has 0 amide bonds. The summed E-state index contributed by atoms with van der Waals surface area (Å²) in [7, 11) is 0. The summed E-state index contributed by atoms with van der Waals surface area (Å²) in [5, 5.41) is 5.04. The summed E-state index contributed by atoms with van der Waals surface area (Å²) in [6.45, 7) is 0. The van der Waals surface area contributed by atoms with E-state index in [-0.39, 0.29) is 5.56 Å². The zero-order chi connectivity index (χ0) is 8.55. The molecule has 12 heavy (non-hydrogen) atoms. The molecule has 62 valence electrons. The van der Waals surface area contributed by atoms with Gasteiger partial charge in [0, 0.05) is 10.8 Å². The van der Waals surface area contributed by atoms with E-state index in [1.807, 2.05) is 17.0 Å². The van der Waals surface area contributed by atoms with Gasteiger partial charge in [0.1, 0.15) is 0 Å². The number of fused-ring (bicyclic) bond motifs is 1. The van der Waals surface area contributed by atoms with E-state index in [9.17, 15) is 4.79 Å². The van der Waals surface area contributed by atoms with Crippen molar-refractivity contribution < 1.29 is 0 Å². The number of nitrogens with one attached hydrogen (secondary N) is 1. The van der Waals surface area contributed by atoms with Gasteiger partial charge in [-0.1, -0.05) is 11.8 Å². The first-order valence-electron chi connectivity index (χ1n) is 3.31. The summed E-state index contributed by atoms with van der Waals surface area (Å²) in [5.41, 5.74) is 0.735. The normalized spacial score (nSPS) is 10.8. The number of hydrogen-bond donors (Lipinski definition) is 1. The van der Waals surface area contributed by atoms with Crippen LogP contribution in [0.4, 0.5) is 0 Å². The number of hydrogen-bond acceptors (Lipinski definition) is 4. The lowest BCUT2D eigenvalue weighted by atomic mass is 10.4. The highest BCUT2D eigenvalue weighted by Gasteiger charge is 2.02. The Morgan fingerprint density at radius 3 is 3.17 bits per heavy atom. The van der Waals surface area contributed by atoms with Crippen molar-refractivity contribution >= 4 is 34.0 Å². The van der Waals surface area contributed by atoms with Gasteiger partial charge in [-0.15, -0.1) is 11.3 Å². The summed E-state index contributed by atoms with van der Waals surface area (Å²) in [6, 6.07) is 0. The minimum absolute atomic E-state index is 0.0504. The van der Waals surface area contributed by atoms with E-state index in [0.717, 1.165) is 5.52 Å². The van der Waals surface area contributed by atoms with E-state index in [0.29, 0.717) is 10.5 Å². The number of thioether (sulfide) groups is 1. The van der Waals surface area contributed by atoms with Crippen molar-refractivity contribution in [3.63, 3.8) is 0 Å². The number of nitrogens with zero attached hydrogens (tertiary/aromatic N) is 1. The van der Waals surface area contributed by atoms with Gasteiger partial charge in [-0.2, -0.15) is 0 Å². The van der Waals surface area contributed by atoms with Crippen molar-refractivity contribution in [2.24, 2.45) is 0 Å². The summed E-state index contributed by atoms with van der Waals surface area (Å²) in [6.07, 6.45) is 1.89. The number of thiophene rings is 1. The van der Waals surface area contributed by atoms with Crippen LogP contribution < -0.4 is 5.56 Å². The zero-order valence-corrected chi connectivity index (χ0v) is 7.96. The molecule has 0 bridgehead atoms. The van der Waals surface area contributed by atoms with E-state index in [1.54, 1.807) is 0 Å². The van der Waals surface area contributed by atoms with Gasteiger partial charge in [0.15, 0.2) is 5.16 Å². The van der Waals surface area contributed by atoms with Gasteiger partial charge in [-0.3, -0.25) is 4.79 Å². The molecule has 2 aromatic rings. The second kappa shape index (κ2) is 2.91. The van der Waals surface area contributed by atoms with Crippen molar-refractivity contribution in [3.8, 4) is 0 Å². The van der Waals surface area contributed by atoms with Crippen molar-refractivity contribution in [1.82, 2.24) is 9.97 Å². The van der Waals surface area contributed by atoms with Gasteiger partial charge in [0.05, 0.1) is 10.9 Å². The minimum atomic E-state index is -0.0504. The van der Waals surface area contributed by atoms with Gasteiger partial charge >= 0.3 is 0 Å².